The first-order chi connectivity index (χ1) is 11.3. The number of halogens is 1. The predicted molar refractivity (Wildman–Crippen MR) is 96.6 cm³/mol. The monoisotopic (exact) mass is 391 g/mol. The van der Waals surface area contributed by atoms with Crippen LogP contribution in [0.3, 0.4) is 0 Å². The Hall–Kier alpha value is -1.82. The Balaban J connectivity index is 1.78. The lowest BCUT2D eigenvalue weighted by Crippen LogP contribution is -2.36. The highest BCUT2D eigenvalue weighted by atomic mass is 79.9. The van der Waals surface area contributed by atoms with E-state index in [1.54, 1.807) is 4.90 Å². The van der Waals surface area contributed by atoms with Crippen molar-refractivity contribution in [1.82, 2.24) is 14.9 Å². The molecule has 1 unspecified atom stereocenters. The van der Waals surface area contributed by atoms with Gasteiger partial charge in [-0.2, -0.15) is 0 Å². The van der Waals surface area contributed by atoms with Crippen LogP contribution in [0.2, 0.25) is 0 Å². The number of carbonyl (C=O) groups excluding carboxylic acids is 1. The molecule has 1 aromatic carbocycles. The van der Waals surface area contributed by atoms with E-state index in [9.17, 15) is 4.79 Å². The molecule has 0 saturated carbocycles. The zero-order chi connectivity index (χ0) is 17.3. The second-order valence-corrected chi connectivity index (χ2v) is 7.94. The minimum atomic E-state index is -0.490. The van der Waals surface area contributed by atoms with Crippen LogP contribution in [0.1, 0.15) is 45.5 Å². The second-order valence-electron chi connectivity index (χ2n) is 7.02. The van der Waals surface area contributed by atoms with Crippen molar-refractivity contribution in [2.75, 3.05) is 6.54 Å². The number of hydrogen-bond donors (Lipinski definition) is 1. The summed E-state index contributed by atoms with van der Waals surface area (Å²) in [5, 5.41) is 0. The molecule has 2 heterocycles. The maximum atomic E-state index is 12.4. The molecule has 2 aromatic rings. The molecule has 1 aliphatic rings. The smallest absolute Gasteiger partial charge is 0.410 e. The van der Waals surface area contributed by atoms with E-state index < -0.39 is 5.60 Å². The number of H-pyrrole nitrogens is 1. The number of carbonyl (C=O) groups is 1. The van der Waals surface area contributed by atoms with Crippen molar-refractivity contribution in [1.29, 1.82) is 0 Å². The van der Waals surface area contributed by atoms with Crippen molar-refractivity contribution in [3.63, 3.8) is 0 Å². The number of ether oxygens (including phenoxy) is 1. The van der Waals surface area contributed by atoms with Gasteiger partial charge in [-0.05, 0) is 51.3 Å². The van der Waals surface area contributed by atoms with Gasteiger partial charge in [-0.15, -0.1) is 0 Å². The summed E-state index contributed by atoms with van der Waals surface area (Å²) in [5.41, 5.74) is 1.53. The van der Waals surface area contributed by atoms with Crippen molar-refractivity contribution in [3.8, 4) is 11.3 Å². The first-order valence-corrected chi connectivity index (χ1v) is 8.93. The molecule has 1 N–H and O–H groups in total. The maximum absolute atomic E-state index is 12.4. The van der Waals surface area contributed by atoms with Crippen LogP contribution in [0.5, 0.6) is 0 Å². The Morgan fingerprint density at radius 2 is 2.04 bits per heavy atom. The molecule has 1 atom stereocenters. The lowest BCUT2D eigenvalue weighted by atomic mass is 10.2. The Morgan fingerprint density at radius 3 is 2.71 bits per heavy atom. The Labute approximate surface area is 150 Å². The normalized spacial score (nSPS) is 18.0. The number of rotatable bonds is 2. The number of nitrogens with zero attached hydrogens (tertiary/aromatic N) is 2. The highest BCUT2D eigenvalue weighted by Crippen LogP contribution is 2.32. The summed E-state index contributed by atoms with van der Waals surface area (Å²) in [5.74, 6) is 0.816. The number of imidazole rings is 1. The summed E-state index contributed by atoms with van der Waals surface area (Å²) in [4.78, 5) is 22.1. The average Bonchev–Trinajstić information content (AvgIpc) is 3.15. The highest BCUT2D eigenvalue weighted by molar-refractivity contribution is 9.10. The Kier molecular flexibility index (Phi) is 4.67. The third-order valence-electron chi connectivity index (χ3n) is 3.95. The van der Waals surface area contributed by atoms with Crippen LogP contribution < -0.4 is 0 Å². The SMILES string of the molecule is CC(C)(C)OC(=O)N1CCCC1c1ncc(-c2ccc(Br)cc2)[nH]1. The van der Waals surface area contributed by atoms with E-state index in [4.69, 9.17) is 4.74 Å². The fraction of sp³-hybridized carbons (Fsp3) is 0.444. The molecule has 1 aromatic heterocycles. The summed E-state index contributed by atoms with van der Waals surface area (Å²) < 4.78 is 6.56. The van der Waals surface area contributed by atoms with E-state index in [-0.39, 0.29) is 12.1 Å². The van der Waals surface area contributed by atoms with Crippen molar-refractivity contribution in [3.05, 3.63) is 40.8 Å². The summed E-state index contributed by atoms with van der Waals surface area (Å²) in [6.45, 7) is 6.35. The fourth-order valence-corrected chi connectivity index (χ4v) is 3.14. The molecule has 1 aliphatic heterocycles. The first kappa shape index (κ1) is 17.0. The summed E-state index contributed by atoms with van der Waals surface area (Å²) >= 11 is 3.44. The molecule has 1 fully saturated rings. The van der Waals surface area contributed by atoms with Crippen LogP contribution in [0.15, 0.2) is 34.9 Å². The minimum absolute atomic E-state index is 0.0518. The zero-order valence-corrected chi connectivity index (χ0v) is 15.8. The minimum Gasteiger partial charge on any atom is -0.444 e. The molecule has 128 valence electrons. The number of aromatic amines is 1. The van der Waals surface area contributed by atoms with E-state index in [0.717, 1.165) is 34.4 Å². The molecule has 0 aliphatic carbocycles. The van der Waals surface area contributed by atoms with Gasteiger partial charge in [0.15, 0.2) is 0 Å². The molecule has 0 spiro atoms. The van der Waals surface area contributed by atoms with E-state index in [1.807, 2.05) is 51.2 Å². The molecule has 1 amide bonds. The molecule has 6 heteroatoms. The molecule has 24 heavy (non-hydrogen) atoms. The van der Waals surface area contributed by atoms with Gasteiger partial charge in [0.05, 0.1) is 17.9 Å². The molecule has 1 saturated heterocycles. The van der Waals surface area contributed by atoms with Crippen molar-refractivity contribution in [2.45, 2.75) is 45.3 Å². The average molecular weight is 392 g/mol. The van der Waals surface area contributed by atoms with Gasteiger partial charge in [0.1, 0.15) is 11.4 Å². The molecular weight excluding hydrogens is 370 g/mol. The Morgan fingerprint density at radius 1 is 1.33 bits per heavy atom. The molecule has 3 rings (SSSR count). The lowest BCUT2D eigenvalue weighted by Gasteiger charge is -2.27. The number of amides is 1. The largest absolute Gasteiger partial charge is 0.444 e. The molecule has 0 bridgehead atoms. The van der Waals surface area contributed by atoms with E-state index in [1.165, 1.54) is 0 Å². The van der Waals surface area contributed by atoms with Crippen LogP contribution in [0, 0.1) is 0 Å². The van der Waals surface area contributed by atoms with Gasteiger partial charge < -0.3 is 9.72 Å². The number of likely N-dealkylation sites (tertiary alicyclic amines) is 1. The van der Waals surface area contributed by atoms with E-state index >= 15 is 0 Å². The van der Waals surface area contributed by atoms with Gasteiger partial charge in [0.25, 0.3) is 0 Å². The van der Waals surface area contributed by atoms with Crippen LogP contribution in [-0.2, 0) is 4.74 Å². The van der Waals surface area contributed by atoms with Gasteiger partial charge in [-0.25, -0.2) is 9.78 Å². The van der Waals surface area contributed by atoms with E-state index in [2.05, 4.69) is 25.9 Å². The van der Waals surface area contributed by atoms with Gasteiger partial charge in [0.2, 0.25) is 0 Å². The fourth-order valence-electron chi connectivity index (χ4n) is 2.87. The lowest BCUT2D eigenvalue weighted by molar-refractivity contribution is 0.0219. The highest BCUT2D eigenvalue weighted by Gasteiger charge is 2.34. The third-order valence-corrected chi connectivity index (χ3v) is 4.48. The Bertz CT molecular complexity index is 719. The number of hydrogen-bond acceptors (Lipinski definition) is 3. The van der Waals surface area contributed by atoms with Gasteiger partial charge >= 0.3 is 6.09 Å². The topological polar surface area (TPSA) is 58.2 Å². The van der Waals surface area contributed by atoms with Crippen molar-refractivity contribution >= 4 is 22.0 Å². The van der Waals surface area contributed by atoms with Crippen LogP contribution in [0.25, 0.3) is 11.3 Å². The third kappa shape index (κ3) is 3.80. The van der Waals surface area contributed by atoms with E-state index in [0.29, 0.717) is 6.54 Å². The first-order valence-electron chi connectivity index (χ1n) is 8.14. The zero-order valence-electron chi connectivity index (χ0n) is 14.2. The van der Waals surface area contributed by atoms with Gasteiger partial charge in [-0.1, -0.05) is 28.1 Å². The van der Waals surface area contributed by atoms with Gasteiger partial charge in [-0.3, -0.25) is 4.90 Å². The number of aromatic nitrogens is 2. The van der Waals surface area contributed by atoms with Crippen LogP contribution in [0.4, 0.5) is 4.79 Å². The van der Waals surface area contributed by atoms with Crippen molar-refractivity contribution < 1.29 is 9.53 Å². The summed E-state index contributed by atoms with van der Waals surface area (Å²) in [7, 11) is 0. The standard InChI is InChI=1S/C18H22BrN3O2/c1-18(2,3)24-17(23)22-10-4-5-15(22)16-20-11-14(21-16)12-6-8-13(19)9-7-12/h6-9,11,15H,4-5,10H2,1-3H3,(H,20,21). The molecule has 0 radical (unpaired) electrons. The molecular formula is C18H22BrN3O2. The second kappa shape index (κ2) is 6.59. The number of nitrogens with one attached hydrogen (secondary N) is 1. The summed E-state index contributed by atoms with van der Waals surface area (Å²) in [6, 6.07) is 8.00. The van der Waals surface area contributed by atoms with Crippen LogP contribution >= 0.6 is 15.9 Å². The van der Waals surface area contributed by atoms with Gasteiger partial charge in [0, 0.05) is 11.0 Å². The maximum Gasteiger partial charge on any atom is 0.410 e. The van der Waals surface area contributed by atoms with Crippen LogP contribution in [-0.4, -0.2) is 33.1 Å². The molecule has 5 nitrogen and oxygen atoms in total. The quantitative estimate of drug-likeness (QED) is 0.790. The predicted octanol–water partition coefficient (Wildman–Crippen LogP) is 4.91. The van der Waals surface area contributed by atoms with Crippen molar-refractivity contribution in [2.24, 2.45) is 0 Å². The number of benzene rings is 1. The summed E-state index contributed by atoms with van der Waals surface area (Å²) in [6.07, 6.45) is 3.40.